The highest BCUT2D eigenvalue weighted by Gasteiger charge is 2.07. The molecular weight excluding hydrogens is 316 g/mol. The molecule has 2 rings (SSSR count). The van der Waals surface area contributed by atoms with E-state index in [9.17, 15) is 0 Å². The highest BCUT2D eigenvalue weighted by Crippen LogP contribution is 2.31. The molecule has 0 aliphatic carbocycles. The summed E-state index contributed by atoms with van der Waals surface area (Å²) in [6.07, 6.45) is 1.59. The Morgan fingerprint density at radius 3 is 2.78 bits per heavy atom. The van der Waals surface area contributed by atoms with Crippen LogP contribution in [0.5, 0.6) is 5.75 Å². The van der Waals surface area contributed by atoms with Gasteiger partial charge in [0.1, 0.15) is 11.6 Å². The van der Waals surface area contributed by atoms with E-state index < -0.39 is 0 Å². The van der Waals surface area contributed by atoms with Crippen molar-refractivity contribution in [2.75, 3.05) is 12.4 Å². The minimum atomic E-state index is 0.587. The van der Waals surface area contributed by atoms with Crippen LogP contribution in [0.3, 0.4) is 0 Å². The van der Waals surface area contributed by atoms with Crippen LogP contribution in [0.15, 0.2) is 34.9 Å². The van der Waals surface area contributed by atoms with Crippen LogP contribution in [-0.4, -0.2) is 12.1 Å². The molecule has 0 saturated carbocycles. The van der Waals surface area contributed by atoms with E-state index in [1.165, 1.54) is 0 Å². The van der Waals surface area contributed by atoms with Gasteiger partial charge in [-0.15, -0.1) is 0 Å². The Kier molecular flexibility index (Phi) is 4.09. The topological polar surface area (TPSA) is 34.1 Å². The zero-order valence-electron chi connectivity index (χ0n) is 10.00. The normalized spacial score (nSPS) is 10.2. The minimum absolute atomic E-state index is 0.587. The Balaban J connectivity index is 2.36. The second-order valence-electron chi connectivity index (χ2n) is 3.81. The zero-order chi connectivity index (χ0) is 13.1. The molecule has 0 spiro atoms. The van der Waals surface area contributed by atoms with E-state index in [4.69, 9.17) is 16.3 Å². The number of pyridine rings is 1. The zero-order valence-corrected chi connectivity index (χ0v) is 12.3. The highest BCUT2D eigenvalue weighted by molar-refractivity contribution is 9.10. The Morgan fingerprint density at radius 2 is 2.11 bits per heavy atom. The number of anilines is 2. The van der Waals surface area contributed by atoms with Gasteiger partial charge >= 0.3 is 0 Å². The molecule has 0 amide bonds. The number of benzene rings is 1. The number of aryl methyl sites for hydroxylation is 1. The summed E-state index contributed by atoms with van der Waals surface area (Å²) < 4.78 is 6.11. The number of hydrogen-bond acceptors (Lipinski definition) is 3. The molecule has 0 fully saturated rings. The molecular formula is C13H12BrClN2O. The van der Waals surface area contributed by atoms with Crippen molar-refractivity contribution in [1.82, 2.24) is 4.98 Å². The third-order valence-corrected chi connectivity index (χ3v) is 3.23. The van der Waals surface area contributed by atoms with Crippen LogP contribution in [0, 0.1) is 6.92 Å². The minimum Gasteiger partial charge on any atom is -0.495 e. The molecule has 1 aromatic heterocycles. The van der Waals surface area contributed by atoms with Crippen molar-refractivity contribution in [3.05, 3.63) is 45.5 Å². The lowest BCUT2D eigenvalue weighted by atomic mass is 10.2. The van der Waals surface area contributed by atoms with E-state index in [0.717, 1.165) is 21.5 Å². The van der Waals surface area contributed by atoms with E-state index in [0.29, 0.717) is 10.8 Å². The predicted molar refractivity (Wildman–Crippen MR) is 78.0 cm³/mol. The van der Waals surface area contributed by atoms with Crippen LogP contribution in [0.25, 0.3) is 0 Å². The lowest BCUT2D eigenvalue weighted by Gasteiger charge is -2.12. The molecule has 18 heavy (non-hydrogen) atoms. The number of nitrogens with one attached hydrogen (secondary N) is 1. The third kappa shape index (κ3) is 2.94. The van der Waals surface area contributed by atoms with Crippen molar-refractivity contribution in [1.29, 1.82) is 0 Å². The summed E-state index contributed by atoms with van der Waals surface area (Å²) in [6.45, 7) is 2.02. The summed E-state index contributed by atoms with van der Waals surface area (Å²) in [6, 6.07) is 7.70. The van der Waals surface area contributed by atoms with Crippen LogP contribution >= 0.6 is 27.5 Å². The van der Waals surface area contributed by atoms with E-state index in [-0.39, 0.29) is 0 Å². The molecule has 1 heterocycles. The number of halogens is 2. The van der Waals surface area contributed by atoms with Crippen molar-refractivity contribution >= 4 is 39.0 Å². The summed E-state index contributed by atoms with van der Waals surface area (Å²) in [5.41, 5.74) is 2.01. The summed E-state index contributed by atoms with van der Waals surface area (Å²) >= 11 is 9.28. The molecule has 0 atom stereocenters. The largest absolute Gasteiger partial charge is 0.495 e. The van der Waals surface area contributed by atoms with Crippen LogP contribution in [-0.2, 0) is 0 Å². The van der Waals surface area contributed by atoms with Crippen molar-refractivity contribution in [2.24, 2.45) is 0 Å². The lowest BCUT2D eigenvalue weighted by Crippen LogP contribution is -1.98. The first-order valence-corrected chi connectivity index (χ1v) is 6.50. The maximum absolute atomic E-state index is 5.86. The highest BCUT2D eigenvalue weighted by atomic mass is 79.9. The molecule has 2 aromatic rings. The van der Waals surface area contributed by atoms with Gasteiger partial charge in [0.2, 0.25) is 0 Å². The number of methoxy groups -OCH3 is 1. The standard InChI is InChI=1S/C13H12BrClN2O/c1-8-3-4-12(18-2)11(5-8)17-13-10(14)6-9(15)7-16-13/h3-7H,1-2H3,(H,16,17). The van der Waals surface area contributed by atoms with Gasteiger partial charge in [0.15, 0.2) is 0 Å². The smallest absolute Gasteiger partial charge is 0.144 e. The first kappa shape index (κ1) is 13.2. The van der Waals surface area contributed by atoms with Crippen molar-refractivity contribution in [3.8, 4) is 5.75 Å². The van der Waals surface area contributed by atoms with Crippen molar-refractivity contribution in [2.45, 2.75) is 6.92 Å². The second kappa shape index (κ2) is 5.59. The Hall–Kier alpha value is -1.26. The SMILES string of the molecule is COc1ccc(C)cc1Nc1ncc(Cl)cc1Br. The fourth-order valence-electron chi connectivity index (χ4n) is 1.55. The molecule has 0 unspecified atom stereocenters. The molecule has 1 N–H and O–H groups in total. The number of rotatable bonds is 3. The third-order valence-electron chi connectivity index (χ3n) is 2.42. The van der Waals surface area contributed by atoms with Crippen LogP contribution in [0.4, 0.5) is 11.5 Å². The maximum Gasteiger partial charge on any atom is 0.144 e. The van der Waals surface area contributed by atoms with Gasteiger partial charge in [-0.05, 0) is 46.6 Å². The first-order chi connectivity index (χ1) is 8.60. The lowest BCUT2D eigenvalue weighted by molar-refractivity contribution is 0.416. The molecule has 0 aliphatic heterocycles. The van der Waals surface area contributed by atoms with E-state index in [2.05, 4.69) is 26.2 Å². The molecule has 0 saturated heterocycles. The first-order valence-electron chi connectivity index (χ1n) is 5.33. The van der Waals surface area contributed by atoms with Gasteiger partial charge in [-0.25, -0.2) is 4.98 Å². The van der Waals surface area contributed by atoms with Gasteiger partial charge in [-0.2, -0.15) is 0 Å². The Bertz CT molecular complexity index is 575. The molecule has 0 aliphatic rings. The average molecular weight is 328 g/mol. The molecule has 3 nitrogen and oxygen atoms in total. The maximum atomic E-state index is 5.86. The van der Waals surface area contributed by atoms with Gasteiger partial charge in [0, 0.05) is 6.20 Å². The van der Waals surface area contributed by atoms with Gasteiger partial charge in [0.05, 0.1) is 22.3 Å². The molecule has 1 aromatic carbocycles. The Morgan fingerprint density at radius 1 is 1.33 bits per heavy atom. The van der Waals surface area contributed by atoms with Crippen molar-refractivity contribution < 1.29 is 4.74 Å². The fraction of sp³-hybridized carbons (Fsp3) is 0.154. The van der Waals surface area contributed by atoms with Gasteiger partial charge in [-0.3, -0.25) is 0 Å². The second-order valence-corrected chi connectivity index (χ2v) is 5.10. The summed E-state index contributed by atoms with van der Waals surface area (Å²) in [7, 11) is 1.64. The monoisotopic (exact) mass is 326 g/mol. The summed E-state index contributed by atoms with van der Waals surface area (Å²) in [5.74, 6) is 1.47. The fourth-order valence-corrected chi connectivity index (χ4v) is 2.29. The molecule has 0 bridgehead atoms. The number of aromatic nitrogens is 1. The quantitative estimate of drug-likeness (QED) is 0.897. The van der Waals surface area contributed by atoms with Gasteiger partial charge in [0.25, 0.3) is 0 Å². The molecule has 5 heteroatoms. The van der Waals surface area contributed by atoms with E-state index >= 15 is 0 Å². The summed E-state index contributed by atoms with van der Waals surface area (Å²) in [4.78, 5) is 4.23. The van der Waals surface area contributed by atoms with Crippen LogP contribution in [0.2, 0.25) is 5.02 Å². The number of ether oxygens (including phenoxy) is 1. The Labute approximate surface area is 119 Å². The van der Waals surface area contributed by atoms with Gasteiger partial charge in [-0.1, -0.05) is 17.7 Å². The van der Waals surface area contributed by atoms with E-state index in [1.807, 2.05) is 25.1 Å². The molecule has 0 radical (unpaired) electrons. The van der Waals surface area contributed by atoms with E-state index in [1.54, 1.807) is 19.4 Å². The predicted octanol–water partition coefficient (Wildman–Crippen LogP) is 4.56. The van der Waals surface area contributed by atoms with Crippen molar-refractivity contribution in [3.63, 3.8) is 0 Å². The van der Waals surface area contributed by atoms with Gasteiger partial charge < -0.3 is 10.1 Å². The average Bonchev–Trinajstić information content (AvgIpc) is 2.33. The van der Waals surface area contributed by atoms with Crippen LogP contribution < -0.4 is 10.1 Å². The number of hydrogen-bond donors (Lipinski definition) is 1. The van der Waals surface area contributed by atoms with Crippen LogP contribution in [0.1, 0.15) is 5.56 Å². The summed E-state index contributed by atoms with van der Waals surface area (Å²) in [5, 5.41) is 3.80. The molecule has 94 valence electrons. The number of nitrogens with zero attached hydrogens (tertiary/aromatic N) is 1.